The van der Waals surface area contributed by atoms with Gasteiger partial charge in [0.2, 0.25) is 0 Å². The number of hydrogen-bond donors (Lipinski definition) is 0. The largest absolute Gasteiger partial charge is 0.237 e. The summed E-state index contributed by atoms with van der Waals surface area (Å²) in [6.45, 7) is 0.216. The van der Waals surface area contributed by atoms with Crippen LogP contribution in [0.3, 0.4) is 0 Å². The average molecular weight is 270 g/mol. The van der Waals surface area contributed by atoms with Gasteiger partial charge in [-0.1, -0.05) is 83.5 Å². The van der Waals surface area contributed by atoms with Gasteiger partial charge in [-0.15, -0.1) is 0 Å². The molecule has 2 nitrogen and oxygen atoms in total. The van der Waals surface area contributed by atoms with Gasteiger partial charge in [-0.05, 0) is 12.8 Å². The van der Waals surface area contributed by atoms with Crippen molar-refractivity contribution < 1.29 is 10.2 Å². The molecular weight excluding hydrogens is 236 g/mol. The smallest absolute Gasteiger partial charge is 0.0822 e. The lowest BCUT2D eigenvalue weighted by Crippen LogP contribution is -1.85. The fourth-order valence-electron chi connectivity index (χ4n) is 2.50. The summed E-state index contributed by atoms with van der Waals surface area (Å²) in [6.07, 6.45) is 18.8. The fraction of sp³-hybridized carbons (Fsp3) is 1.00. The molecule has 0 aromatic rings. The van der Waals surface area contributed by atoms with Crippen molar-refractivity contribution in [1.29, 1.82) is 0 Å². The number of unbranched alkanes of at least 4 members (excludes halogenated alkanes) is 14. The lowest BCUT2D eigenvalue weighted by Gasteiger charge is -2.03. The Bertz CT molecular complexity index is 132. The SMILES string of the molecule is [O]CCCCCCCCCCCCCCCCC[O]. The van der Waals surface area contributed by atoms with E-state index in [4.69, 9.17) is 0 Å². The Morgan fingerprint density at radius 3 is 0.579 bits per heavy atom. The molecule has 0 aliphatic rings. The third-order valence-electron chi connectivity index (χ3n) is 3.79. The van der Waals surface area contributed by atoms with Crippen molar-refractivity contribution in [3.8, 4) is 0 Å². The lowest BCUT2D eigenvalue weighted by atomic mass is 10.0. The Morgan fingerprint density at radius 1 is 0.263 bits per heavy atom. The predicted octanol–water partition coefficient (Wildman–Crippen LogP) is 5.70. The first-order valence-electron chi connectivity index (χ1n) is 8.58. The maximum Gasteiger partial charge on any atom is 0.0822 e. The molecule has 19 heavy (non-hydrogen) atoms. The summed E-state index contributed by atoms with van der Waals surface area (Å²) >= 11 is 0. The molecule has 0 atom stereocenters. The van der Waals surface area contributed by atoms with E-state index in [9.17, 15) is 10.2 Å². The van der Waals surface area contributed by atoms with Gasteiger partial charge in [0.05, 0.1) is 13.2 Å². The molecule has 0 amide bonds. The second-order valence-electron chi connectivity index (χ2n) is 5.71. The van der Waals surface area contributed by atoms with E-state index in [0.717, 1.165) is 25.7 Å². The van der Waals surface area contributed by atoms with Crippen molar-refractivity contribution >= 4 is 0 Å². The molecule has 0 fully saturated rings. The molecule has 2 radical (unpaired) electrons. The van der Waals surface area contributed by atoms with Gasteiger partial charge in [-0.3, -0.25) is 0 Å². The standard InChI is InChI=1S/C17H34O2/c18-16-14-12-10-8-6-4-2-1-3-5-7-9-11-13-15-17-19/h1-17H2. The van der Waals surface area contributed by atoms with Gasteiger partial charge in [0, 0.05) is 0 Å². The van der Waals surface area contributed by atoms with Crippen LogP contribution in [-0.2, 0) is 10.2 Å². The first-order valence-corrected chi connectivity index (χ1v) is 8.58. The van der Waals surface area contributed by atoms with Gasteiger partial charge in [0.25, 0.3) is 0 Å². The summed E-state index contributed by atoms with van der Waals surface area (Å²) < 4.78 is 0. The highest BCUT2D eigenvalue weighted by Gasteiger charge is 1.94. The van der Waals surface area contributed by atoms with Gasteiger partial charge in [0.15, 0.2) is 0 Å². The van der Waals surface area contributed by atoms with Crippen LogP contribution in [0, 0.1) is 0 Å². The Balaban J connectivity index is 2.88. The molecule has 0 aromatic carbocycles. The van der Waals surface area contributed by atoms with E-state index in [2.05, 4.69) is 0 Å². The topological polar surface area (TPSA) is 39.8 Å². The van der Waals surface area contributed by atoms with E-state index in [1.54, 1.807) is 0 Å². The molecule has 0 heterocycles. The van der Waals surface area contributed by atoms with Crippen molar-refractivity contribution in [3.63, 3.8) is 0 Å². The van der Waals surface area contributed by atoms with Gasteiger partial charge in [-0.25, -0.2) is 10.2 Å². The molecule has 114 valence electrons. The minimum Gasteiger partial charge on any atom is -0.237 e. The quantitative estimate of drug-likeness (QED) is 0.323. The maximum atomic E-state index is 10.2. The van der Waals surface area contributed by atoms with Gasteiger partial charge < -0.3 is 0 Å². The van der Waals surface area contributed by atoms with Crippen molar-refractivity contribution in [1.82, 2.24) is 0 Å². The number of rotatable bonds is 16. The second-order valence-corrected chi connectivity index (χ2v) is 5.71. The summed E-state index contributed by atoms with van der Waals surface area (Å²) in [5, 5.41) is 20.5. The minimum atomic E-state index is 0.108. The molecule has 0 aliphatic heterocycles. The van der Waals surface area contributed by atoms with Crippen LogP contribution in [0.5, 0.6) is 0 Å². The lowest BCUT2D eigenvalue weighted by molar-refractivity contribution is 0.185. The first-order chi connectivity index (χ1) is 9.41. The molecule has 0 aliphatic carbocycles. The van der Waals surface area contributed by atoms with E-state index in [1.807, 2.05) is 0 Å². The van der Waals surface area contributed by atoms with Gasteiger partial charge in [0.1, 0.15) is 0 Å². The molecule has 0 spiro atoms. The summed E-state index contributed by atoms with van der Waals surface area (Å²) in [5.41, 5.74) is 0. The molecule has 0 rings (SSSR count). The maximum absolute atomic E-state index is 10.2. The zero-order valence-electron chi connectivity index (χ0n) is 12.8. The normalized spacial score (nSPS) is 11.1. The van der Waals surface area contributed by atoms with E-state index in [-0.39, 0.29) is 13.2 Å². The Kier molecular flexibility index (Phi) is 17.8. The van der Waals surface area contributed by atoms with E-state index in [1.165, 1.54) is 70.6 Å². The molecule has 2 heteroatoms. The first kappa shape index (κ1) is 18.9. The Morgan fingerprint density at radius 2 is 0.421 bits per heavy atom. The summed E-state index contributed by atoms with van der Waals surface area (Å²) in [5.74, 6) is 0. The molecule has 0 saturated heterocycles. The van der Waals surface area contributed by atoms with E-state index < -0.39 is 0 Å². The van der Waals surface area contributed by atoms with Gasteiger partial charge >= 0.3 is 0 Å². The van der Waals surface area contributed by atoms with Crippen LogP contribution in [0.2, 0.25) is 0 Å². The predicted molar refractivity (Wildman–Crippen MR) is 80.4 cm³/mol. The summed E-state index contributed by atoms with van der Waals surface area (Å²) in [7, 11) is 0. The van der Waals surface area contributed by atoms with Crippen molar-refractivity contribution in [2.24, 2.45) is 0 Å². The zero-order valence-corrected chi connectivity index (χ0v) is 12.8. The van der Waals surface area contributed by atoms with Crippen LogP contribution < -0.4 is 0 Å². The molecule has 0 N–H and O–H groups in total. The molecule has 0 saturated carbocycles. The van der Waals surface area contributed by atoms with Crippen molar-refractivity contribution in [3.05, 3.63) is 0 Å². The summed E-state index contributed by atoms with van der Waals surface area (Å²) in [6, 6.07) is 0. The Labute approximate surface area is 120 Å². The highest BCUT2D eigenvalue weighted by atomic mass is 16.3. The van der Waals surface area contributed by atoms with E-state index >= 15 is 0 Å². The zero-order chi connectivity index (χ0) is 14.0. The third kappa shape index (κ3) is 17.9. The molecule has 0 unspecified atom stereocenters. The van der Waals surface area contributed by atoms with Gasteiger partial charge in [-0.2, -0.15) is 0 Å². The molecule has 0 bridgehead atoms. The van der Waals surface area contributed by atoms with Crippen LogP contribution in [0.25, 0.3) is 0 Å². The monoisotopic (exact) mass is 270 g/mol. The average Bonchev–Trinajstić information content (AvgIpc) is 2.43. The molecule has 0 aromatic heterocycles. The van der Waals surface area contributed by atoms with Crippen LogP contribution >= 0.6 is 0 Å². The van der Waals surface area contributed by atoms with Crippen LogP contribution in [0.4, 0.5) is 0 Å². The third-order valence-corrected chi connectivity index (χ3v) is 3.79. The number of hydrogen-bond acceptors (Lipinski definition) is 0. The molecular formula is C17H34O2. The Hall–Kier alpha value is -0.0800. The van der Waals surface area contributed by atoms with Crippen molar-refractivity contribution in [2.75, 3.05) is 13.2 Å². The second kappa shape index (κ2) is 17.9. The van der Waals surface area contributed by atoms with Crippen LogP contribution in [0.1, 0.15) is 96.3 Å². The van der Waals surface area contributed by atoms with E-state index in [0.29, 0.717) is 0 Å². The van der Waals surface area contributed by atoms with Crippen LogP contribution in [0.15, 0.2) is 0 Å². The van der Waals surface area contributed by atoms with Crippen LogP contribution in [-0.4, -0.2) is 13.2 Å². The fourth-order valence-corrected chi connectivity index (χ4v) is 2.50. The highest BCUT2D eigenvalue weighted by Crippen LogP contribution is 2.13. The van der Waals surface area contributed by atoms with Crippen molar-refractivity contribution in [2.45, 2.75) is 96.3 Å². The highest BCUT2D eigenvalue weighted by molar-refractivity contribution is 4.49. The summed E-state index contributed by atoms with van der Waals surface area (Å²) in [4.78, 5) is 0. The minimum absolute atomic E-state index is 0.108.